The van der Waals surface area contributed by atoms with Gasteiger partial charge < -0.3 is 4.74 Å². The Bertz CT molecular complexity index is 559. The molecule has 21 heavy (non-hydrogen) atoms. The highest BCUT2D eigenvalue weighted by molar-refractivity contribution is 6.08. The number of esters is 1. The van der Waals surface area contributed by atoms with Gasteiger partial charge in [0, 0.05) is 6.20 Å². The quantitative estimate of drug-likeness (QED) is 0.588. The normalized spacial score (nSPS) is 27.4. The van der Waals surface area contributed by atoms with Crippen LogP contribution in [0.15, 0.2) is 24.4 Å². The van der Waals surface area contributed by atoms with Gasteiger partial charge in [-0.3, -0.25) is 14.6 Å². The summed E-state index contributed by atoms with van der Waals surface area (Å²) in [7, 11) is 0. The van der Waals surface area contributed by atoms with E-state index in [2.05, 4.69) is 4.98 Å². The molecule has 2 aliphatic rings. The number of hydrogen-bond donors (Lipinski definition) is 0. The maximum Gasteiger partial charge on any atom is 0.320 e. The molecule has 1 aliphatic heterocycles. The van der Waals surface area contributed by atoms with Crippen LogP contribution in [0, 0.1) is 10.8 Å². The molecular formula is C17H21NO3. The molecule has 2 fully saturated rings. The Morgan fingerprint density at radius 3 is 2.48 bits per heavy atom. The molecule has 4 nitrogen and oxygen atoms in total. The standard InChI is InChI=1S/C17H21NO3/c1-16(2)13(12-8-4-7-11-18-12)21-15(20)17(14(16)19)9-5-3-6-10-17/h4,7-8,11,13H,3,5-6,9-10H2,1-2H3. The van der Waals surface area contributed by atoms with Crippen molar-refractivity contribution in [3.63, 3.8) is 0 Å². The van der Waals surface area contributed by atoms with E-state index < -0.39 is 16.9 Å². The zero-order chi connectivity index (χ0) is 15.1. The third-order valence-corrected chi connectivity index (χ3v) is 4.95. The number of ketones is 1. The minimum atomic E-state index is -0.910. The predicted molar refractivity (Wildman–Crippen MR) is 77.4 cm³/mol. The topological polar surface area (TPSA) is 56.3 Å². The van der Waals surface area contributed by atoms with E-state index in [1.54, 1.807) is 6.20 Å². The molecule has 1 aromatic rings. The minimum absolute atomic E-state index is 0.0293. The van der Waals surface area contributed by atoms with E-state index in [0.717, 1.165) is 19.3 Å². The summed E-state index contributed by atoms with van der Waals surface area (Å²) in [6, 6.07) is 5.47. The van der Waals surface area contributed by atoms with Crippen molar-refractivity contribution in [1.82, 2.24) is 4.98 Å². The molecule has 0 aromatic carbocycles. The molecule has 1 saturated carbocycles. The molecule has 0 radical (unpaired) electrons. The van der Waals surface area contributed by atoms with Crippen molar-refractivity contribution in [1.29, 1.82) is 0 Å². The van der Waals surface area contributed by atoms with Gasteiger partial charge in [-0.05, 0) is 38.8 Å². The fraction of sp³-hybridized carbons (Fsp3) is 0.588. The summed E-state index contributed by atoms with van der Waals surface area (Å²) in [5, 5.41) is 0. The van der Waals surface area contributed by atoms with Crippen molar-refractivity contribution in [2.75, 3.05) is 0 Å². The lowest BCUT2D eigenvalue weighted by atomic mass is 9.60. The van der Waals surface area contributed by atoms with Crippen molar-refractivity contribution in [2.24, 2.45) is 10.8 Å². The van der Waals surface area contributed by atoms with Crippen LogP contribution in [0.1, 0.15) is 57.7 Å². The molecule has 1 unspecified atom stereocenters. The number of rotatable bonds is 1. The Labute approximate surface area is 124 Å². The number of cyclic esters (lactones) is 1. The van der Waals surface area contributed by atoms with Crippen molar-refractivity contribution in [3.8, 4) is 0 Å². The van der Waals surface area contributed by atoms with Gasteiger partial charge in [0.05, 0.1) is 11.1 Å². The smallest absolute Gasteiger partial charge is 0.320 e. The molecule has 0 bridgehead atoms. The van der Waals surface area contributed by atoms with Crippen LogP contribution in [-0.2, 0) is 14.3 Å². The second kappa shape index (κ2) is 4.93. The van der Waals surface area contributed by atoms with Crippen molar-refractivity contribution in [3.05, 3.63) is 30.1 Å². The van der Waals surface area contributed by atoms with E-state index in [0.29, 0.717) is 18.5 Å². The molecule has 0 N–H and O–H groups in total. The number of pyridine rings is 1. The third kappa shape index (κ3) is 2.08. The Morgan fingerprint density at radius 1 is 1.14 bits per heavy atom. The Morgan fingerprint density at radius 2 is 1.86 bits per heavy atom. The zero-order valence-corrected chi connectivity index (χ0v) is 12.6. The van der Waals surface area contributed by atoms with Crippen LogP contribution < -0.4 is 0 Å². The van der Waals surface area contributed by atoms with Gasteiger partial charge in [-0.2, -0.15) is 0 Å². The van der Waals surface area contributed by atoms with Gasteiger partial charge in [0.15, 0.2) is 11.9 Å². The zero-order valence-electron chi connectivity index (χ0n) is 12.6. The number of ether oxygens (including phenoxy) is 1. The van der Waals surface area contributed by atoms with Crippen molar-refractivity contribution in [2.45, 2.75) is 52.1 Å². The van der Waals surface area contributed by atoms with Gasteiger partial charge in [0.25, 0.3) is 0 Å². The van der Waals surface area contributed by atoms with Gasteiger partial charge in [-0.15, -0.1) is 0 Å². The molecule has 1 atom stereocenters. The van der Waals surface area contributed by atoms with E-state index in [1.165, 1.54) is 0 Å². The maximum atomic E-state index is 13.1. The number of nitrogens with zero attached hydrogens (tertiary/aromatic N) is 1. The Kier molecular flexibility index (Phi) is 3.34. The lowest BCUT2D eigenvalue weighted by Gasteiger charge is -2.47. The highest BCUT2D eigenvalue weighted by Crippen LogP contribution is 2.52. The van der Waals surface area contributed by atoms with E-state index >= 15 is 0 Å². The third-order valence-electron chi connectivity index (χ3n) is 4.95. The Hall–Kier alpha value is -1.71. The van der Waals surface area contributed by atoms with E-state index in [9.17, 15) is 9.59 Å². The first-order chi connectivity index (χ1) is 9.98. The summed E-state index contributed by atoms with van der Waals surface area (Å²) >= 11 is 0. The summed E-state index contributed by atoms with van der Waals surface area (Å²) in [6.07, 6.45) is 5.26. The minimum Gasteiger partial charge on any atom is -0.454 e. The molecular weight excluding hydrogens is 266 g/mol. The number of aromatic nitrogens is 1. The van der Waals surface area contributed by atoms with Crippen LogP contribution in [0.25, 0.3) is 0 Å². The van der Waals surface area contributed by atoms with E-state index in [-0.39, 0.29) is 11.8 Å². The first-order valence-electron chi connectivity index (χ1n) is 7.65. The van der Waals surface area contributed by atoms with Crippen LogP contribution >= 0.6 is 0 Å². The number of carbonyl (C=O) groups is 2. The SMILES string of the molecule is CC1(C)C(=O)C2(CCCCC2)C(=O)OC1c1ccccn1. The highest BCUT2D eigenvalue weighted by atomic mass is 16.5. The van der Waals surface area contributed by atoms with Crippen LogP contribution in [0.5, 0.6) is 0 Å². The lowest BCUT2D eigenvalue weighted by Crippen LogP contribution is -2.55. The van der Waals surface area contributed by atoms with Gasteiger partial charge in [-0.1, -0.05) is 25.3 Å². The molecule has 1 saturated heterocycles. The second-order valence-corrected chi connectivity index (χ2v) is 6.73. The van der Waals surface area contributed by atoms with E-state index in [4.69, 9.17) is 4.74 Å². The largest absolute Gasteiger partial charge is 0.454 e. The molecule has 1 aliphatic carbocycles. The van der Waals surface area contributed by atoms with Crippen molar-refractivity contribution >= 4 is 11.8 Å². The van der Waals surface area contributed by atoms with E-state index in [1.807, 2.05) is 32.0 Å². The fourth-order valence-corrected chi connectivity index (χ4v) is 3.74. The summed E-state index contributed by atoms with van der Waals surface area (Å²) in [6.45, 7) is 3.74. The van der Waals surface area contributed by atoms with Gasteiger partial charge >= 0.3 is 5.97 Å². The molecule has 112 valence electrons. The van der Waals surface area contributed by atoms with Gasteiger partial charge in [0.2, 0.25) is 0 Å². The van der Waals surface area contributed by atoms with Crippen LogP contribution in [0.2, 0.25) is 0 Å². The average Bonchev–Trinajstić information content (AvgIpc) is 2.51. The lowest BCUT2D eigenvalue weighted by molar-refractivity contribution is -0.192. The average molecular weight is 287 g/mol. The Balaban J connectivity index is 1.99. The molecule has 2 heterocycles. The van der Waals surface area contributed by atoms with Gasteiger partial charge in [0.1, 0.15) is 5.41 Å². The first-order valence-corrected chi connectivity index (χ1v) is 7.65. The predicted octanol–water partition coefficient (Wildman–Crippen LogP) is 3.23. The molecule has 1 aromatic heterocycles. The monoisotopic (exact) mass is 287 g/mol. The second-order valence-electron chi connectivity index (χ2n) is 6.73. The first kappa shape index (κ1) is 14.2. The number of Topliss-reactive ketones (excluding diaryl/α,β-unsaturated/α-hetero) is 1. The molecule has 4 heteroatoms. The summed E-state index contributed by atoms with van der Waals surface area (Å²) in [5.74, 6) is -0.316. The number of carbonyl (C=O) groups excluding carboxylic acids is 2. The van der Waals surface area contributed by atoms with Crippen LogP contribution in [0.3, 0.4) is 0 Å². The summed E-state index contributed by atoms with van der Waals surface area (Å²) in [5.41, 5.74) is -0.998. The summed E-state index contributed by atoms with van der Waals surface area (Å²) < 4.78 is 5.73. The van der Waals surface area contributed by atoms with Crippen LogP contribution in [-0.4, -0.2) is 16.7 Å². The maximum absolute atomic E-state index is 13.1. The molecule has 0 amide bonds. The summed E-state index contributed by atoms with van der Waals surface area (Å²) in [4.78, 5) is 29.9. The molecule has 1 spiro atoms. The fourth-order valence-electron chi connectivity index (χ4n) is 3.74. The number of hydrogen-bond acceptors (Lipinski definition) is 4. The molecule has 3 rings (SSSR count). The van der Waals surface area contributed by atoms with Crippen LogP contribution in [0.4, 0.5) is 0 Å². The highest BCUT2D eigenvalue weighted by Gasteiger charge is 2.60. The van der Waals surface area contributed by atoms with Crippen molar-refractivity contribution < 1.29 is 14.3 Å². The van der Waals surface area contributed by atoms with Gasteiger partial charge in [-0.25, -0.2) is 0 Å².